The Morgan fingerprint density at radius 1 is 1.11 bits per heavy atom. The predicted octanol–water partition coefficient (Wildman–Crippen LogP) is -0.989. The second-order valence-corrected chi connectivity index (χ2v) is 4.66. The molecule has 4 N–H and O–H groups in total. The van der Waals surface area contributed by atoms with Crippen molar-refractivity contribution in [3.63, 3.8) is 0 Å². The summed E-state index contributed by atoms with van der Waals surface area (Å²) in [6.07, 6.45) is 0. The molecular formula is C4H12N2O2S. The molecule has 0 fully saturated rings. The van der Waals surface area contributed by atoms with E-state index in [0.29, 0.717) is 0 Å². The third-order valence-electron chi connectivity index (χ3n) is 1.04. The van der Waals surface area contributed by atoms with E-state index in [1.165, 1.54) is 13.8 Å². The van der Waals surface area contributed by atoms with Crippen LogP contribution in [0.3, 0.4) is 0 Å². The van der Waals surface area contributed by atoms with Gasteiger partial charge in [0.05, 0.1) is 0 Å². The van der Waals surface area contributed by atoms with Crippen molar-refractivity contribution in [1.82, 2.24) is 0 Å². The van der Waals surface area contributed by atoms with Crippen molar-refractivity contribution in [3.05, 3.63) is 0 Å². The maximum atomic E-state index is 10.8. The molecule has 56 valence electrons. The van der Waals surface area contributed by atoms with Crippen molar-refractivity contribution in [1.29, 1.82) is 0 Å². The van der Waals surface area contributed by atoms with Crippen LogP contribution in [0, 0.1) is 0 Å². The van der Waals surface area contributed by atoms with Gasteiger partial charge in [0.25, 0.3) is 0 Å². The SMILES string of the molecule is CC(N)S(=O)(=O)C(C)N. The molecule has 0 saturated heterocycles. The topological polar surface area (TPSA) is 86.2 Å². The van der Waals surface area contributed by atoms with Crippen molar-refractivity contribution < 1.29 is 8.42 Å². The molecule has 2 atom stereocenters. The number of hydrogen-bond acceptors (Lipinski definition) is 4. The first-order valence-corrected chi connectivity index (χ1v) is 4.24. The highest BCUT2D eigenvalue weighted by atomic mass is 32.2. The van der Waals surface area contributed by atoms with Crippen LogP contribution in [0.4, 0.5) is 0 Å². The smallest absolute Gasteiger partial charge is 0.180 e. The Morgan fingerprint density at radius 3 is 1.33 bits per heavy atom. The van der Waals surface area contributed by atoms with E-state index in [2.05, 4.69) is 0 Å². The highest BCUT2D eigenvalue weighted by Gasteiger charge is 2.20. The number of rotatable bonds is 2. The lowest BCUT2D eigenvalue weighted by Crippen LogP contribution is -2.39. The molecule has 2 unspecified atom stereocenters. The lowest BCUT2D eigenvalue weighted by molar-refractivity contribution is 0.574. The highest BCUT2D eigenvalue weighted by molar-refractivity contribution is 7.92. The number of nitrogens with two attached hydrogens (primary N) is 2. The van der Waals surface area contributed by atoms with Crippen LogP contribution in [0.1, 0.15) is 13.8 Å². The molecule has 0 rings (SSSR count). The Morgan fingerprint density at radius 2 is 1.33 bits per heavy atom. The average molecular weight is 152 g/mol. The molecule has 9 heavy (non-hydrogen) atoms. The predicted molar refractivity (Wildman–Crippen MR) is 36.2 cm³/mol. The van der Waals surface area contributed by atoms with E-state index in [-0.39, 0.29) is 0 Å². The van der Waals surface area contributed by atoms with Gasteiger partial charge in [-0.25, -0.2) is 8.42 Å². The Balaban J connectivity index is 4.42. The molecule has 0 amide bonds. The van der Waals surface area contributed by atoms with Crippen molar-refractivity contribution >= 4 is 9.84 Å². The minimum Gasteiger partial charge on any atom is -0.315 e. The van der Waals surface area contributed by atoms with Gasteiger partial charge in [0.1, 0.15) is 10.7 Å². The zero-order valence-corrected chi connectivity index (χ0v) is 6.35. The Hall–Kier alpha value is -0.130. The van der Waals surface area contributed by atoms with E-state index in [9.17, 15) is 8.42 Å². The molecule has 0 spiro atoms. The molecule has 0 aromatic carbocycles. The molecule has 0 aliphatic rings. The van der Waals surface area contributed by atoms with E-state index >= 15 is 0 Å². The largest absolute Gasteiger partial charge is 0.315 e. The Labute approximate surface area is 55.1 Å². The summed E-state index contributed by atoms with van der Waals surface area (Å²) in [5.74, 6) is 0. The van der Waals surface area contributed by atoms with E-state index < -0.39 is 20.6 Å². The van der Waals surface area contributed by atoms with Crippen LogP contribution in [0.2, 0.25) is 0 Å². The molecule has 0 aromatic heterocycles. The van der Waals surface area contributed by atoms with Crippen molar-refractivity contribution in [2.24, 2.45) is 11.5 Å². The molecule has 0 aliphatic heterocycles. The lowest BCUT2D eigenvalue weighted by Gasteiger charge is -2.09. The third kappa shape index (κ3) is 1.92. The monoisotopic (exact) mass is 152 g/mol. The summed E-state index contributed by atoms with van der Waals surface area (Å²) in [4.78, 5) is 0. The number of sulfone groups is 1. The maximum absolute atomic E-state index is 10.8. The Kier molecular flexibility index (Phi) is 2.60. The highest BCUT2D eigenvalue weighted by Crippen LogP contribution is 1.98. The van der Waals surface area contributed by atoms with Gasteiger partial charge in [-0.2, -0.15) is 0 Å². The summed E-state index contributed by atoms with van der Waals surface area (Å²) in [7, 11) is -3.26. The molecule has 0 aliphatic carbocycles. The van der Waals surface area contributed by atoms with Gasteiger partial charge in [0, 0.05) is 0 Å². The van der Waals surface area contributed by atoms with Gasteiger partial charge in [0.2, 0.25) is 0 Å². The maximum Gasteiger partial charge on any atom is 0.180 e. The summed E-state index contributed by atoms with van der Waals surface area (Å²) >= 11 is 0. The molecule has 5 heteroatoms. The van der Waals surface area contributed by atoms with E-state index in [4.69, 9.17) is 11.5 Å². The van der Waals surface area contributed by atoms with Crippen LogP contribution in [0.15, 0.2) is 0 Å². The first-order valence-electron chi connectivity index (χ1n) is 2.63. The van der Waals surface area contributed by atoms with Gasteiger partial charge < -0.3 is 11.5 Å². The van der Waals surface area contributed by atoms with Crippen LogP contribution in [-0.4, -0.2) is 19.2 Å². The summed E-state index contributed by atoms with van der Waals surface area (Å²) in [6.45, 7) is 2.80. The van der Waals surface area contributed by atoms with Crippen molar-refractivity contribution in [2.75, 3.05) is 0 Å². The third-order valence-corrected chi connectivity index (χ3v) is 3.11. The molecular weight excluding hydrogens is 140 g/mol. The van der Waals surface area contributed by atoms with Crippen molar-refractivity contribution in [2.45, 2.75) is 24.6 Å². The average Bonchev–Trinajstić information content (AvgIpc) is 1.65. The second-order valence-electron chi connectivity index (χ2n) is 2.00. The van der Waals surface area contributed by atoms with Gasteiger partial charge in [-0.3, -0.25) is 0 Å². The molecule has 0 heterocycles. The summed E-state index contributed by atoms with van der Waals surface area (Å²) in [5, 5.41) is -1.73. The van der Waals surface area contributed by atoms with Gasteiger partial charge in [-0.1, -0.05) is 0 Å². The lowest BCUT2D eigenvalue weighted by atomic mass is 10.8. The summed E-state index contributed by atoms with van der Waals surface area (Å²) in [6, 6.07) is 0. The van der Waals surface area contributed by atoms with Crippen LogP contribution in [0.5, 0.6) is 0 Å². The summed E-state index contributed by atoms with van der Waals surface area (Å²) < 4.78 is 21.6. The second kappa shape index (κ2) is 2.64. The van der Waals surface area contributed by atoms with Crippen LogP contribution < -0.4 is 11.5 Å². The zero-order chi connectivity index (χ0) is 7.65. The van der Waals surface area contributed by atoms with Gasteiger partial charge in [0.15, 0.2) is 9.84 Å². The van der Waals surface area contributed by atoms with Crippen LogP contribution >= 0.6 is 0 Å². The molecule has 0 bridgehead atoms. The molecule has 0 radical (unpaired) electrons. The molecule has 4 nitrogen and oxygen atoms in total. The van der Waals surface area contributed by atoms with Crippen LogP contribution in [0.25, 0.3) is 0 Å². The zero-order valence-electron chi connectivity index (χ0n) is 5.53. The quantitative estimate of drug-likeness (QED) is 0.532. The fourth-order valence-electron chi connectivity index (χ4n) is 0.339. The first kappa shape index (κ1) is 8.87. The fraction of sp³-hybridized carbons (Fsp3) is 1.00. The Bertz CT molecular complexity index is 157. The minimum absolute atomic E-state index is 0.863. The van der Waals surface area contributed by atoms with Crippen LogP contribution in [-0.2, 0) is 9.84 Å². The van der Waals surface area contributed by atoms with Gasteiger partial charge in [-0.05, 0) is 13.8 Å². The van der Waals surface area contributed by atoms with E-state index in [0.717, 1.165) is 0 Å². The molecule has 0 aromatic rings. The van der Waals surface area contributed by atoms with Gasteiger partial charge >= 0.3 is 0 Å². The first-order chi connectivity index (χ1) is 3.89. The summed E-state index contributed by atoms with van der Waals surface area (Å²) in [5.41, 5.74) is 10.2. The van der Waals surface area contributed by atoms with Crippen molar-refractivity contribution in [3.8, 4) is 0 Å². The molecule has 0 saturated carbocycles. The minimum atomic E-state index is -3.26. The number of hydrogen-bond donors (Lipinski definition) is 2. The normalized spacial score (nSPS) is 19.1. The van der Waals surface area contributed by atoms with E-state index in [1.54, 1.807) is 0 Å². The standard InChI is InChI=1S/C4H12N2O2S/c1-3(5)9(7,8)4(2)6/h3-4H,5-6H2,1-2H3. The van der Waals surface area contributed by atoms with Gasteiger partial charge in [-0.15, -0.1) is 0 Å². The fourth-order valence-corrected chi connectivity index (χ4v) is 1.02. The van der Waals surface area contributed by atoms with E-state index in [1.807, 2.05) is 0 Å².